The topological polar surface area (TPSA) is 142 Å². The van der Waals surface area contributed by atoms with Gasteiger partial charge in [0, 0.05) is 60.2 Å². The molecule has 0 aliphatic carbocycles. The molecule has 158 valence electrons. The van der Waals surface area contributed by atoms with E-state index in [2.05, 4.69) is 10.1 Å². The van der Waals surface area contributed by atoms with Gasteiger partial charge in [0.2, 0.25) is 17.7 Å². The molecule has 2 heterocycles. The number of aliphatic hydroxyl groups is 1. The second-order valence-corrected chi connectivity index (χ2v) is 5.95. The maximum absolute atomic E-state index is 11.3. The van der Waals surface area contributed by atoms with E-state index in [1.807, 2.05) is 0 Å². The summed E-state index contributed by atoms with van der Waals surface area (Å²) in [5, 5.41) is 9.67. The van der Waals surface area contributed by atoms with Crippen molar-refractivity contribution >= 4 is 23.7 Å². The maximum Gasteiger partial charge on any atom is 0.310 e. The van der Waals surface area contributed by atoms with E-state index < -0.39 is 0 Å². The first-order valence-corrected chi connectivity index (χ1v) is 8.28. The smallest absolute Gasteiger partial charge is 0.310 e. The van der Waals surface area contributed by atoms with Crippen LogP contribution in [0.4, 0.5) is 0 Å². The van der Waals surface area contributed by atoms with E-state index in [1.54, 1.807) is 23.9 Å². The number of rotatable bonds is 4. The Kier molecular flexibility index (Phi) is 13.9. The van der Waals surface area contributed by atoms with Gasteiger partial charge in [0.05, 0.1) is 18.9 Å². The third kappa shape index (κ3) is 8.83. The molecule has 0 spiro atoms. The van der Waals surface area contributed by atoms with Gasteiger partial charge in [-0.3, -0.25) is 19.2 Å². The van der Waals surface area contributed by atoms with Gasteiger partial charge in [-0.2, -0.15) is 0 Å². The van der Waals surface area contributed by atoms with Gasteiger partial charge < -0.3 is 30.7 Å². The minimum absolute atomic E-state index is 0. The van der Waals surface area contributed by atoms with E-state index in [0.29, 0.717) is 39.0 Å². The Balaban J connectivity index is 0. The number of amides is 3. The van der Waals surface area contributed by atoms with E-state index >= 15 is 0 Å². The fraction of sp³-hybridized carbons (Fsp3) is 0.765. The monoisotopic (exact) mass is 390 g/mol. The number of ether oxygens (including phenoxy) is 1. The predicted molar refractivity (Wildman–Crippen MR) is 100 cm³/mol. The van der Waals surface area contributed by atoms with Crippen LogP contribution in [0.25, 0.3) is 0 Å². The van der Waals surface area contributed by atoms with Crippen molar-refractivity contribution in [1.82, 2.24) is 15.1 Å². The molecule has 2 aliphatic rings. The fourth-order valence-corrected chi connectivity index (χ4v) is 2.57. The molecule has 10 heteroatoms. The molecule has 3 amide bonds. The van der Waals surface area contributed by atoms with Crippen LogP contribution < -0.4 is 11.1 Å². The predicted octanol–water partition coefficient (Wildman–Crippen LogP) is -1.58. The molecule has 2 aliphatic heterocycles. The van der Waals surface area contributed by atoms with E-state index in [0.717, 1.165) is 7.11 Å². The first-order chi connectivity index (χ1) is 12.3. The largest absolute Gasteiger partial charge is 0.469 e. The van der Waals surface area contributed by atoms with E-state index in [-0.39, 0.29) is 43.0 Å². The van der Waals surface area contributed by atoms with Crippen molar-refractivity contribution in [3.05, 3.63) is 0 Å². The SMILES string of the molecule is C.CN1CC(C(=O)NCCN)CC1=O.CO.COC(=O)C1CC(=O)N(C)C1. The van der Waals surface area contributed by atoms with Gasteiger partial charge in [-0.25, -0.2) is 0 Å². The van der Waals surface area contributed by atoms with Gasteiger partial charge >= 0.3 is 5.97 Å². The lowest BCUT2D eigenvalue weighted by atomic mass is 10.1. The Labute approximate surface area is 161 Å². The standard InChI is InChI=1S/C8H15N3O2.C7H11NO3.CH4O.CH4/c1-11-5-6(4-7(11)12)8(13)10-3-2-9;1-8-4-5(3-6(8)9)7(10)11-2;1-2;/h6H,2-5,9H2,1H3,(H,10,13);5H,3-4H2,1-2H3;2H,1H3;1H4. The molecule has 0 aromatic carbocycles. The highest BCUT2D eigenvalue weighted by molar-refractivity contribution is 5.89. The molecule has 27 heavy (non-hydrogen) atoms. The van der Waals surface area contributed by atoms with Crippen molar-refractivity contribution < 1.29 is 29.0 Å². The summed E-state index contributed by atoms with van der Waals surface area (Å²) < 4.78 is 4.51. The lowest BCUT2D eigenvalue weighted by molar-refractivity contribution is -0.145. The average Bonchev–Trinajstić information content (AvgIpc) is 3.16. The lowest BCUT2D eigenvalue weighted by Gasteiger charge is -2.09. The Hall–Kier alpha value is -2.20. The molecular formula is C17H34N4O6. The van der Waals surface area contributed by atoms with Crippen molar-refractivity contribution in [1.29, 1.82) is 0 Å². The zero-order chi connectivity index (χ0) is 20.3. The van der Waals surface area contributed by atoms with Crippen LogP contribution in [0.3, 0.4) is 0 Å². The number of carbonyl (C=O) groups excluding carboxylic acids is 4. The fourth-order valence-electron chi connectivity index (χ4n) is 2.57. The number of hydrogen-bond donors (Lipinski definition) is 3. The number of nitrogens with two attached hydrogens (primary N) is 1. The summed E-state index contributed by atoms with van der Waals surface area (Å²) in [6.07, 6.45) is 0.621. The van der Waals surface area contributed by atoms with Crippen molar-refractivity contribution in [2.75, 3.05) is 54.5 Å². The average molecular weight is 390 g/mol. The molecule has 0 radical (unpaired) electrons. The maximum atomic E-state index is 11.3. The Morgan fingerprint density at radius 3 is 1.89 bits per heavy atom. The lowest BCUT2D eigenvalue weighted by Crippen LogP contribution is -2.35. The third-order valence-corrected chi connectivity index (χ3v) is 4.03. The zero-order valence-electron chi connectivity index (χ0n) is 15.9. The molecule has 4 N–H and O–H groups in total. The second-order valence-electron chi connectivity index (χ2n) is 5.95. The minimum atomic E-state index is -0.289. The summed E-state index contributed by atoms with van der Waals surface area (Å²) in [5.74, 6) is -0.749. The quantitative estimate of drug-likeness (QED) is 0.492. The van der Waals surface area contributed by atoms with Gasteiger partial charge in [0.25, 0.3) is 0 Å². The molecule has 2 atom stereocenters. The Bertz CT molecular complexity index is 500. The molecule has 10 nitrogen and oxygen atoms in total. The van der Waals surface area contributed by atoms with Crippen molar-refractivity contribution in [3.63, 3.8) is 0 Å². The van der Waals surface area contributed by atoms with Gasteiger partial charge in [-0.05, 0) is 0 Å². The highest BCUT2D eigenvalue weighted by Gasteiger charge is 2.33. The molecule has 0 saturated carbocycles. The van der Waals surface area contributed by atoms with Crippen molar-refractivity contribution in [2.45, 2.75) is 20.3 Å². The Morgan fingerprint density at radius 1 is 1.11 bits per heavy atom. The number of esters is 1. The summed E-state index contributed by atoms with van der Waals surface area (Å²) in [4.78, 5) is 47.4. The van der Waals surface area contributed by atoms with Crippen LogP contribution >= 0.6 is 0 Å². The first kappa shape index (κ1) is 27.0. The van der Waals surface area contributed by atoms with E-state index in [1.165, 1.54) is 7.11 Å². The van der Waals surface area contributed by atoms with Gasteiger partial charge in [-0.15, -0.1) is 0 Å². The number of likely N-dealkylation sites (tertiary alicyclic amines) is 2. The minimum Gasteiger partial charge on any atom is -0.469 e. The van der Waals surface area contributed by atoms with Crippen LogP contribution in [0.2, 0.25) is 0 Å². The van der Waals surface area contributed by atoms with Crippen LogP contribution in [0.1, 0.15) is 20.3 Å². The summed E-state index contributed by atoms with van der Waals surface area (Å²) in [7, 11) is 5.73. The third-order valence-electron chi connectivity index (χ3n) is 4.03. The Morgan fingerprint density at radius 2 is 1.56 bits per heavy atom. The molecule has 2 unspecified atom stereocenters. The van der Waals surface area contributed by atoms with Crippen LogP contribution in [0.5, 0.6) is 0 Å². The normalized spacial score (nSPS) is 20.7. The molecule has 2 saturated heterocycles. The van der Waals surface area contributed by atoms with Crippen LogP contribution in [-0.4, -0.2) is 93.1 Å². The summed E-state index contributed by atoms with van der Waals surface area (Å²) in [6.45, 7) is 1.93. The number of aliphatic hydroxyl groups excluding tert-OH is 1. The molecule has 0 bridgehead atoms. The number of carbonyl (C=O) groups is 4. The summed E-state index contributed by atoms with van der Waals surface area (Å²) in [5.41, 5.74) is 5.24. The van der Waals surface area contributed by atoms with Gasteiger partial charge in [0.15, 0.2) is 0 Å². The molecular weight excluding hydrogens is 356 g/mol. The van der Waals surface area contributed by atoms with E-state index in [4.69, 9.17) is 10.8 Å². The van der Waals surface area contributed by atoms with Crippen LogP contribution in [0.15, 0.2) is 0 Å². The highest BCUT2D eigenvalue weighted by Crippen LogP contribution is 2.16. The first-order valence-electron chi connectivity index (χ1n) is 8.28. The molecule has 0 aromatic rings. The molecule has 2 rings (SSSR count). The number of nitrogens with zero attached hydrogens (tertiary/aromatic N) is 2. The molecule has 2 fully saturated rings. The number of nitrogens with one attached hydrogen (secondary N) is 1. The number of hydrogen-bond acceptors (Lipinski definition) is 7. The summed E-state index contributed by atoms with van der Waals surface area (Å²) in [6, 6.07) is 0. The number of methoxy groups -OCH3 is 1. The van der Waals surface area contributed by atoms with Crippen molar-refractivity contribution in [3.8, 4) is 0 Å². The van der Waals surface area contributed by atoms with E-state index in [9.17, 15) is 19.2 Å². The second kappa shape index (κ2) is 13.9. The van der Waals surface area contributed by atoms with Crippen LogP contribution in [0, 0.1) is 11.8 Å². The van der Waals surface area contributed by atoms with Crippen LogP contribution in [-0.2, 0) is 23.9 Å². The summed E-state index contributed by atoms with van der Waals surface area (Å²) >= 11 is 0. The zero-order valence-corrected chi connectivity index (χ0v) is 15.9. The molecule has 0 aromatic heterocycles. The van der Waals surface area contributed by atoms with Crippen molar-refractivity contribution in [2.24, 2.45) is 17.6 Å². The van der Waals surface area contributed by atoms with Gasteiger partial charge in [-0.1, -0.05) is 7.43 Å². The highest BCUT2D eigenvalue weighted by atomic mass is 16.5. The van der Waals surface area contributed by atoms with Gasteiger partial charge in [0.1, 0.15) is 0 Å².